The Morgan fingerprint density at radius 2 is 1.93 bits per heavy atom. The molecule has 5 heteroatoms. The first-order valence-corrected chi connectivity index (χ1v) is 9.96. The zero-order valence-electron chi connectivity index (χ0n) is 16.6. The Bertz CT molecular complexity index is 764. The number of imide groups is 1. The normalized spacial score (nSPS) is 13.2. The minimum atomic E-state index is -0.524. The van der Waals surface area contributed by atoms with Crippen molar-refractivity contribution in [2.24, 2.45) is 0 Å². The van der Waals surface area contributed by atoms with Gasteiger partial charge in [0.2, 0.25) is 0 Å². The predicted molar refractivity (Wildman–Crippen MR) is 108 cm³/mol. The van der Waals surface area contributed by atoms with E-state index in [1.54, 1.807) is 0 Å². The molecule has 1 aliphatic rings. The molecule has 0 saturated heterocycles. The number of rotatable bonds is 12. The Kier molecular flexibility index (Phi) is 8.66. The Labute approximate surface area is 166 Å². The van der Waals surface area contributed by atoms with Crippen molar-refractivity contribution >= 4 is 17.8 Å². The fraction of sp³-hybridized carbons (Fsp3) is 0.435. The van der Waals surface area contributed by atoms with Gasteiger partial charge in [-0.3, -0.25) is 19.7 Å². The monoisotopic (exact) mass is 383 g/mol. The van der Waals surface area contributed by atoms with Crippen LogP contribution in [-0.4, -0.2) is 17.8 Å². The Morgan fingerprint density at radius 3 is 2.61 bits per heavy atom. The molecule has 0 aliphatic carbocycles. The molecule has 1 heterocycles. The molecule has 0 atom stereocenters. The number of ether oxygens (including phenoxy) is 1. The van der Waals surface area contributed by atoms with E-state index in [1.165, 1.54) is 36.8 Å². The van der Waals surface area contributed by atoms with Crippen LogP contribution in [0.2, 0.25) is 0 Å². The van der Waals surface area contributed by atoms with Gasteiger partial charge >= 0.3 is 5.97 Å². The van der Waals surface area contributed by atoms with Crippen molar-refractivity contribution in [3.63, 3.8) is 0 Å². The van der Waals surface area contributed by atoms with Crippen molar-refractivity contribution < 1.29 is 19.1 Å². The van der Waals surface area contributed by atoms with Gasteiger partial charge in [0.05, 0.1) is 6.42 Å². The van der Waals surface area contributed by atoms with Crippen LogP contribution in [0.25, 0.3) is 0 Å². The smallest absolute Gasteiger partial charge is 0.310 e. The number of nitrogens with one attached hydrogen (secondary N) is 1. The number of esters is 1. The van der Waals surface area contributed by atoms with Gasteiger partial charge in [-0.25, -0.2) is 0 Å². The van der Waals surface area contributed by atoms with Crippen LogP contribution in [-0.2, 0) is 38.6 Å². The van der Waals surface area contributed by atoms with Gasteiger partial charge in [-0.15, -0.1) is 6.58 Å². The zero-order valence-corrected chi connectivity index (χ0v) is 16.6. The van der Waals surface area contributed by atoms with E-state index in [0.717, 1.165) is 30.9 Å². The van der Waals surface area contributed by atoms with Crippen molar-refractivity contribution in [2.45, 2.75) is 64.9 Å². The average Bonchev–Trinajstić information content (AvgIpc) is 3.00. The molecule has 0 bridgehead atoms. The lowest BCUT2D eigenvalue weighted by molar-refractivity contribution is -0.144. The van der Waals surface area contributed by atoms with Crippen molar-refractivity contribution in [1.29, 1.82) is 0 Å². The van der Waals surface area contributed by atoms with Gasteiger partial charge in [0.15, 0.2) is 0 Å². The summed E-state index contributed by atoms with van der Waals surface area (Å²) in [6, 6.07) is 6.20. The van der Waals surface area contributed by atoms with Gasteiger partial charge < -0.3 is 4.74 Å². The standard InChI is InChI=1S/C23H29NO4/c1-3-5-6-7-8-9-10-19-12-11-17(13-18(19)4-2)16-28-22(26)15-20-14-21(25)24-23(20)27/h3,11-14H,1,4-10,15-16H2,2H3,(H,24,25,27). The summed E-state index contributed by atoms with van der Waals surface area (Å²) in [5.41, 5.74) is 3.71. The van der Waals surface area contributed by atoms with Crippen LogP contribution in [0.5, 0.6) is 0 Å². The highest BCUT2D eigenvalue weighted by Crippen LogP contribution is 2.18. The van der Waals surface area contributed by atoms with Crippen LogP contribution < -0.4 is 5.32 Å². The summed E-state index contributed by atoms with van der Waals surface area (Å²) in [6.07, 6.45) is 10.9. The van der Waals surface area contributed by atoms with Gasteiger partial charge in [-0.1, -0.05) is 44.0 Å². The van der Waals surface area contributed by atoms with E-state index < -0.39 is 17.8 Å². The molecule has 1 aromatic carbocycles. The van der Waals surface area contributed by atoms with E-state index in [1.807, 2.05) is 12.1 Å². The van der Waals surface area contributed by atoms with Crippen molar-refractivity contribution in [2.75, 3.05) is 0 Å². The fourth-order valence-corrected chi connectivity index (χ4v) is 3.25. The van der Waals surface area contributed by atoms with Gasteiger partial charge in [-0.05, 0) is 48.8 Å². The molecule has 0 saturated carbocycles. The second kappa shape index (κ2) is 11.2. The molecule has 0 spiro atoms. The van der Waals surface area contributed by atoms with E-state index in [-0.39, 0.29) is 18.6 Å². The second-order valence-electron chi connectivity index (χ2n) is 7.02. The minimum absolute atomic E-state index is 0.146. The van der Waals surface area contributed by atoms with E-state index in [4.69, 9.17) is 4.74 Å². The third-order valence-electron chi connectivity index (χ3n) is 4.82. The van der Waals surface area contributed by atoms with E-state index >= 15 is 0 Å². The number of benzene rings is 1. The summed E-state index contributed by atoms with van der Waals surface area (Å²) in [7, 11) is 0. The van der Waals surface area contributed by atoms with Crippen molar-refractivity contribution in [1.82, 2.24) is 5.32 Å². The molecular formula is C23H29NO4. The number of carbonyl (C=O) groups excluding carboxylic acids is 3. The highest BCUT2D eigenvalue weighted by molar-refractivity contribution is 6.17. The Hall–Kier alpha value is -2.69. The lowest BCUT2D eigenvalue weighted by Crippen LogP contribution is -2.23. The summed E-state index contributed by atoms with van der Waals surface area (Å²) in [5, 5.41) is 2.12. The minimum Gasteiger partial charge on any atom is -0.461 e. The van der Waals surface area contributed by atoms with Crippen molar-refractivity contribution in [3.05, 3.63) is 59.2 Å². The number of allylic oxidation sites excluding steroid dienone is 1. The highest BCUT2D eigenvalue weighted by atomic mass is 16.5. The van der Waals surface area contributed by atoms with E-state index in [0.29, 0.717) is 0 Å². The van der Waals surface area contributed by atoms with E-state index in [2.05, 4.69) is 31.0 Å². The molecule has 1 aromatic rings. The van der Waals surface area contributed by atoms with Gasteiger partial charge in [-0.2, -0.15) is 0 Å². The van der Waals surface area contributed by atoms with Gasteiger partial charge in [0, 0.05) is 11.6 Å². The second-order valence-corrected chi connectivity index (χ2v) is 7.02. The number of hydrogen-bond donors (Lipinski definition) is 1. The van der Waals surface area contributed by atoms with Gasteiger partial charge in [0.1, 0.15) is 6.61 Å². The Balaban J connectivity index is 1.81. The average molecular weight is 383 g/mol. The summed E-state index contributed by atoms with van der Waals surface area (Å²) < 4.78 is 5.27. The molecule has 2 rings (SSSR count). The molecule has 28 heavy (non-hydrogen) atoms. The number of unbranched alkanes of at least 4 members (excludes halogenated alkanes) is 4. The third kappa shape index (κ3) is 6.80. The van der Waals surface area contributed by atoms with Crippen LogP contribution in [0.3, 0.4) is 0 Å². The maximum atomic E-state index is 11.9. The molecular weight excluding hydrogens is 354 g/mol. The maximum absolute atomic E-state index is 11.9. The fourth-order valence-electron chi connectivity index (χ4n) is 3.25. The maximum Gasteiger partial charge on any atom is 0.310 e. The molecule has 5 nitrogen and oxygen atoms in total. The van der Waals surface area contributed by atoms with Crippen LogP contribution in [0.15, 0.2) is 42.5 Å². The summed E-state index contributed by atoms with van der Waals surface area (Å²) in [6.45, 7) is 6.04. The number of amides is 2. The summed E-state index contributed by atoms with van der Waals surface area (Å²) in [4.78, 5) is 34.5. The zero-order chi connectivity index (χ0) is 20.4. The predicted octanol–water partition coefficient (Wildman–Crippen LogP) is 3.94. The summed E-state index contributed by atoms with van der Waals surface area (Å²) >= 11 is 0. The van der Waals surface area contributed by atoms with Crippen LogP contribution in [0.1, 0.15) is 62.1 Å². The number of carbonyl (C=O) groups is 3. The molecule has 1 aliphatic heterocycles. The van der Waals surface area contributed by atoms with Crippen molar-refractivity contribution in [3.8, 4) is 0 Å². The molecule has 0 fully saturated rings. The van der Waals surface area contributed by atoms with Crippen LogP contribution in [0.4, 0.5) is 0 Å². The Morgan fingerprint density at radius 1 is 1.14 bits per heavy atom. The lowest BCUT2D eigenvalue weighted by atomic mass is 9.97. The largest absolute Gasteiger partial charge is 0.461 e. The molecule has 1 N–H and O–H groups in total. The number of hydrogen-bond acceptors (Lipinski definition) is 4. The quantitative estimate of drug-likeness (QED) is 0.257. The lowest BCUT2D eigenvalue weighted by Gasteiger charge is -2.11. The molecule has 150 valence electrons. The van der Waals surface area contributed by atoms with E-state index in [9.17, 15) is 14.4 Å². The van der Waals surface area contributed by atoms with Gasteiger partial charge in [0.25, 0.3) is 11.8 Å². The third-order valence-corrected chi connectivity index (χ3v) is 4.82. The molecule has 0 radical (unpaired) electrons. The highest BCUT2D eigenvalue weighted by Gasteiger charge is 2.23. The summed E-state index contributed by atoms with van der Waals surface area (Å²) in [5.74, 6) is -1.53. The molecule has 0 aromatic heterocycles. The molecule has 0 unspecified atom stereocenters. The topological polar surface area (TPSA) is 72.5 Å². The van der Waals surface area contributed by atoms with Crippen LogP contribution >= 0.6 is 0 Å². The molecule has 2 amide bonds. The first kappa shape index (κ1) is 21.6. The SMILES string of the molecule is C=CCCCCCCc1ccc(COC(=O)CC2=CC(=O)NC2=O)cc1CC. The first-order valence-electron chi connectivity index (χ1n) is 9.96. The van der Waals surface area contributed by atoms with Crippen LogP contribution in [0, 0.1) is 0 Å². The number of aryl methyl sites for hydroxylation is 2. The first-order chi connectivity index (χ1) is 13.5.